The molecule has 29 heavy (non-hydrogen) atoms. The topological polar surface area (TPSA) is 84.2 Å². The molecule has 0 spiro atoms. The van der Waals surface area contributed by atoms with E-state index in [0.717, 1.165) is 12.0 Å². The monoisotopic (exact) mass is 387 g/mol. The molecule has 5 rings (SSSR count). The molecule has 1 fully saturated rings. The molecule has 1 heterocycles. The minimum atomic E-state index is -0.895. The summed E-state index contributed by atoms with van der Waals surface area (Å²) in [5, 5.41) is 19.1. The number of benzene rings is 2. The molecular formula is C23H21N3O3. The van der Waals surface area contributed by atoms with Crippen LogP contribution in [0.3, 0.4) is 0 Å². The predicted octanol–water partition coefficient (Wildman–Crippen LogP) is 3.55. The second-order valence-electron chi connectivity index (χ2n) is 7.89. The van der Waals surface area contributed by atoms with E-state index in [-0.39, 0.29) is 17.7 Å². The summed E-state index contributed by atoms with van der Waals surface area (Å²) in [5.74, 6) is -2.33. The summed E-state index contributed by atoms with van der Waals surface area (Å²) in [6.45, 7) is 0.589. The van der Waals surface area contributed by atoms with E-state index in [1.807, 2.05) is 30.4 Å². The van der Waals surface area contributed by atoms with Crippen molar-refractivity contribution in [3.05, 3.63) is 72.6 Å². The first-order valence-corrected chi connectivity index (χ1v) is 9.81. The Bertz CT molecular complexity index is 1130. The largest absolute Gasteiger partial charge is 0.481 e. The summed E-state index contributed by atoms with van der Waals surface area (Å²) in [6, 6.07) is 14.4. The highest BCUT2D eigenvalue weighted by Gasteiger charge is 2.51. The zero-order chi connectivity index (χ0) is 20.0. The summed E-state index contributed by atoms with van der Waals surface area (Å²) in [6.07, 6.45) is 8.07. The van der Waals surface area contributed by atoms with Crippen LogP contribution in [-0.4, -0.2) is 26.8 Å². The van der Waals surface area contributed by atoms with Gasteiger partial charge in [0.15, 0.2) is 0 Å². The zero-order valence-electron chi connectivity index (χ0n) is 15.7. The number of nitrogens with zero attached hydrogens (tertiary/aromatic N) is 2. The Morgan fingerprint density at radius 3 is 2.66 bits per heavy atom. The van der Waals surface area contributed by atoms with E-state index in [0.29, 0.717) is 12.2 Å². The van der Waals surface area contributed by atoms with Crippen molar-refractivity contribution < 1.29 is 14.7 Å². The van der Waals surface area contributed by atoms with E-state index in [2.05, 4.69) is 34.7 Å². The molecule has 0 unspecified atom stereocenters. The summed E-state index contributed by atoms with van der Waals surface area (Å²) >= 11 is 0. The average Bonchev–Trinajstić information content (AvgIpc) is 3.44. The van der Waals surface area contributed by atoms with Crippen LogP contribution in [0.4, 0.5) is 5.69 Å². The van der Waals surface area contributed by atoms with Gasteiger partial charge in [0, 0.05) is 6.20 Å². The number of allylic oxidation sites excluding steroid dienone is 2. The molecule has 0 saturated heterocycles. The molecule has 3 aromatic rings. The number of aliphatic carboxylic acids is 1. The summed E-state index contributed by atoms with van der Waals surface area (Å²) in [5.41, 5.74) is 1.74. The SMILES string of the molecule is O=C(O)[C@H]1[C@H](C(=O)Nc2cnn(Cc3cccc4ccccc34)c2)[C@H]2C=C[C@H]1C2. The molecular weight excluding hydrogens is 366 g/mol. The van der Waals surface area contributed by atoms with Crippen LogP contribution in [0.5, 0.6) is 0 Å². The van der Waals surface area contributed by atoms with Gasteiger partial charge in [0.25, 0.3) is 0 Å². The van der Waals surface area contributed by atoms with E-state index in [4.69, 9.17) is 0 Å². The molecule has 2 aromatic carbocycles. The zero-order valence-corrected chi connectivity index (χ0v) is 15.7. The first-order chi connectivity index (χ1) is 14.1. The molecule has 4 atom stereocenters. The van der Waals surface area contributed by atoms with Crippen LogP contribution in [0.25, 0.3) is 10.8 Å². The maximum atomic E-state index is 12.8. The third-order valence-electron chi connectivity index (χ3n) is 6.16. The second-order valence-corrected chi connectivity index (χ2v) is 7.89. The molecule has 146 valence electrons. The number of hydrogen-bond donors (Lipinski definition) is 2. The molecule has 6 nitrogen and oxygen atoms in total. The minimum absolute atomic E-state index is 0.00632. The van der Waals surface area contributed by atoms with Gasteiger partial charge in [-0.2, -0.15) is 5.10 Å². The van der Waals surface area contributed by atoms with Gasteiger partial charge < -0.3 is 10.4 Å². The number of anilines is 1. The van der Waals surface area contributed by atoms with Crippen LogP contribution in [0, 0.1) is 23.7 Å². The van der Waals surface area contributed by atoms with Gasteiger partial charge in [-0.25, -0.2) is 0 Å². The summed E-state index contributed by atoms with van der Waals surface area (Å²) in [4.78, 5) is 24.5. The molecule has 1 aromatic heterocycles. The van der Waals surface area contributed by atoms with Gasteiger partial charge in [-0.05, 0) is 34.6 Å². The maximum absolute atomic E-state index is 12.8. The maximum Gasteiger partial charge on any atom is 0.307 e. The van der Waals surface area contributed by atoms with Crippen molar-refractivity contribution in [2.24, 2.45) is 23.7 Å². The van der Waals surface area contributed by atoms with Gasteiger partial charge in [0.1, 0.15) is 0 Å². The van der Waals surface area contributed by atoms with E-state index >= 15 is 0 Å². The fourth-order valence-corrected chi connectivity index (χ4v) is 4.86. The Hall–Kier alpha value is -3.41. The number of rotatable bonds is 5. The molecule has 2 aliphatic rings. The number of nitrogens with one attached hydrogen (secondary N) is 1. The third kappa shape index (κ3) is 3.10. The van der Waals surface area contributed by atoms with Crippen LogP contribution >= 0.6 is 0 Å². The van der Waals surface area contributed by atoms with Crippen molar-refractivity contribution in [2.75, 3.05) is 5.32 Å². The van der Waals surface area contributed by atoms with Crippen molar-refractivity contribution in [1.82, 2.24) is 9.78 Å². The fourth-order valence-electron chi connectivity index (χ4n) is 4.86. The number of amides is 1. The lowest BCUT2D eigenvalue weighted by atomic mass is 9.82. The normalized spacial score (nSPS) is 24.8. The predicted molar refractivity (Wildman–Crippen MR) is 109 cm³/mol. The average molecular weight is 387 g/mol. The third-order valence-corrected chi connectivity index (χ3v) is 6.16. The van der Waals surface area contributed by atoms with Gasteiger partial charge in [-0.1, -0.05) is 54.6 Å². The molecule has 2 aliphatic carbocycles. The van der Waals surface area contributed by atoms with Gasteiger partial charge in [0.05, 0.1) is 30.3 Å². The van der Waals surface area contributed by atoms with Gasteiger partial charge >= 0.3 is 5.97 Å². The van der Waals surface area contributed by atoms with Crippen molar-refractivity contribution in [1.29, 1.82) is 0 Å². The van der Waals surface area contributed by atoms with Crippen molar-refractivity contribution in [3.8, 4) is 0 Å². The van der Waals surface area contributed by atoms with Gasteiger partial charge in [-0.3, -0.25) is 14.3 Å². The molecule has 0 aliphatic heterocycles. The number of fused-ring (bicyclic) bond motifs is 3. The highest BCUT2D eigenvalue weighted by Crippen LogP contribution is 2.48. The fraction of sp³-hybridized carbons (Fsp3) is 0.261. The molecule has 0 radical (unpaired) electrons. The molecule has 6 heteroatoms. The Morgan fingerprint density at radius 2 is 1.83 bits per heavy atom. The van der Waals surface area contributed by atoms with Crippen LogP contribution in [0.2, 0.25) is 0 Å². The van der Waals surface area contributed by atoms with Gasteiger partial charge in [-0.15, -0.1) is 0 Å². The van der Waals surface area contributed by atoms with Crippen molar-refractivity contribution >= 4 is 28.3 Å². The van der Waals surface area contributed by atoms with Crippen molar-refractivity contribution in [3.63, 3.8) is 0 Å². The number of carbonyl (C=O) groups excluding carboxylic acids is 1. The number of carbonyl (C=O) groups is 2. The number of hydrogen-bond acceptors (Lipinski definition) is 3. The van der Waals surface area contributed by atoms with E-state index in [1.165, 1.54) is 10.8 Å². The van der Waals surface area contributed by atoms with Crippen LogP contribution < -0.4 is 5.32 Å². The summed E-state index contributed by atoms with van der Waals surface area (Å²) in [7, 11) is 0. The lowest BCUT2D eigenvalue weighted by Gasteiger charge is -2.23. The summed E-state index contributed by atoms with van der Waals surface area (Å²) < 4.78 is 1.78. The molecule has 2 bridgehead atoms. The lowest BCUT2D eigenvalue weighted by Crippen LogP contribution is -2.36. The van der Waals surface area contributed by atoms with E-state index < -0.39 is 17.8 Å². The molecule has 1 amide bonds. The lowest BCUT2D eigenvalue weighted by molar-refractivity contribution is -0.146. The highest BCUT2D eigenvalue weighted by atomic mass is 16.4. The van der Waals surface area contributed by atoms with E-state index in [9.17, 15) is 14.7 Å². The highest BCUT2D eigenvalue weighted by molar-refractivity contribution is 5.96. The minimum Gasteiger partial charge on any atom is -0.481 e. The van der Waals surface area contributed by atoms with Crippen LogP contribution in [-0.2, 0) is 16.1 Å². The van der Waals surface area contributed by atoms with Crippen molar-refractivity contribution in [2.45, 2.75) is 13.0 Å². The first kappa shape index (κ1) is 17.7. The number of carboxylic acids is 1. The Morgan fingerprint density at radius 1 is 1.07 bits per heavy atom. The van der Waals surface area contributed by atoms with Gasteiger partial charge in [0.2, 0.25) is 5.91 Å². The number of carboxylic acid groups (broad SMARTS) is 1. The Balaban J connectivity index is 1.32. The first-order valence-electron chi connectivity index (χ1n) is 9.81. The smallest absolute Gasteiger partial charge is 0.307 e. The molecule has 1 saturated carbocycles. The van der Waals surface area contributed by atoms with Crippen LogP contribution in [0.1, 0.15) is 12.0 Å². The van der Waals surface area contributed by atoms with E-state index in [1.54, 1.807) is 17.1 Å². The molecule has 2 N–H and O–H groups in total. The quantitative estimate of drug-likeness (QED) is 0.656. The van der Waals surface area contributed by atoms with Crippen LogP contribution in [0.15, 0.2) is 67.0 Å². The number of aromatic nitrogens is 2. The second kappa shape index (κ2) is 6.88. The standard InChI is InChI=1S/C23H21N3O3/c27-22(20-15-8-9-16(10-15)21(20)23(28)29)25-18-11-24-26(13-18)12-17-6-3-5-14-4-1-2-7-19(14)17/h1-9,11,13,15-16,20-21H,10,12H2,(H,25,27)(H,28,29)/t15-,16-,20+,21+/m0/s1. The Labute approximate surface area is 167 Å². The Kier molecular flexibility index (Phi) is 4.19.